The van der Waals surface area contributed by atoms with E-state index < -0.39 is 15.5 Å². The van der Waals surface area contributed by atoms with Gasteiger partial charge in [0.2, 0.25) is 5.56 Å². The first kappa shape index (κ1) is 25.7. The van der Waals surface area contributed by atoms with Crippen LogP contribution in [0.4, 0.5) is 18.9 Å². The molecule has 5 rings (SSSR count). The maximum absolute atomic E-state index is 13.0. The molecule has 1 fully saturated rings. The molecule has 37 heavy (non-hydrogen) atoms. The zero-order valence-electron chi connectivity index (χ0n) is 19.1. The molecule has 194 valence electrons. The quantitative estimate of drug-likeness (QED) is 0.374. The SMILES string of the molecule is O=c1cc(N2CCN(S(=O)(=O)C(F)(F)F)CC2)c2cc(C(c3ccc(Cl)cc3)c3nccs3)ccc2[nH]1. The fourth-order valence-corrected chi connectivity index (χ4v) is 6.37. The van der Waals surface area contributed by atoms with E-state index in [-0.39, 0.29) is 37.7 Å². The second-order valence-corrected chi connectivity index (χ2v) is 11.8. The van der Waals surface area contributed by atoms with Crippen LogP contribution in [0.25, 0.3) is 10.9 Å². The maximum Gasteiger partial charge on any atom is 0.511 e. The highest BCUT2D eigenvalue weighted by Crippen LogP contribution is 2.37. The van der Waals surface area contributed by atoms with Gasteiger partial charge >= 0.3 is 15.5 Å². The van der Waals surface area contributed by atoms with Crippen LogP contribution in [0.2, 0.25) is 5.02 Å². The number of aromatic nitrogens is 2. The van der Waals surface area contributed by atoms with Crippen molar-refractivity contribution in [1.82, 2.24) is 14.3 Å². The Morgan fingerprint density at radius 3 is 2.30 bits per heavy atom. The minimum absolute atomic E-state index is 0.00514. The summed E-state index contributed by atoms with van der Waals surface area (Å²) in [5.41, 5.74) is -2.77. The van der Waals surface area contributed by atoms with E-state index in [0.717, 1.165) is 16.1 Å². The molecule has 1 saturated heterocycles. The molecule has 1 unspecified atom stereocenters. The van der Waals surface area contributed by atoms with Gasteiger partial charge in [0, 0.05) is 54.2 Å². The molecule has 3 heterocycles. The second-order valence-electron chi connectivity index (χ2n) is 8.52. The highest BCUT2D eigenvalue weighted by molar-refractivity contribution is 7.90. The number of anilines is 1. The minimum atomic E-state index is -5.41. The summed E-state index contributed by atoms with van der Waals surface area (Å²) in [5.74, 6) is -0.213. The Kier molecular flexibility index (Phi) is 6.77. The van der Waals surface area contributed by atoms with Gasteiger partial charge in [-0.1, -0.05) is 29.8 Å². The van der Waals surface area contributed by atoms with Gasteiger partial charge in [-0.3, -0.25) is 4.79 Å². The van der Waals surface area contributed by atoms with Crippen LogP contribution in [0.15, 0.2) is 64.9 Å². The van der Waals surface area contributed by atoms with Crippen LogP contribution >= 0.6 is 22.9 Å². The molecule has 13 heteroatoms. The number of alkyl halides is 3. The molecule has 1 aliphatic heterocycles. The molecule has 0 saturated carbocycles. The number of hydrogen-bond acceptors (Lipinski definition) is 6. The third kappa shape index (κ3) is 4.98. The summed E-state index contributed by atoms with van der Waals surface area (Å²) in [6.45, 7) is -0.680. The van der Waals surface area contributed by atoms with Gasteiger partial charge in [-0.25, -0.2) is 13.4 Å². The monoisotopic (exact) mass is 568 g/mol. The fraction of sp³-hybridized carbons (Fsp3) is 0.250. The van der Waals surface area contributed by atoms with Crippen molar-refractivity contribution in [2.24, 2.45) is 0 Å². The molecular weight excluding hydrogens is 549 g/mol. The Balaban J connectivity index is 1.54. The predicted octanol–water partition coefficient (Wildman–Crippen LogP) is 4.79. The third-order valence-corrected chi connectivity index (χ3v) is 9.01. The highest BCUT2D eigenvalue weighted by Gasteiger charge is 2.50. The number of halogens is 4. The van der Waals surface area contributed by atoms with E-state index in [1.54, 1.807) is 29.3 Å². The minimum Gasteiger partial charge on any atom is -0.368 e. The van der Waals surface area contributed by atoms with Crippen molar-refractivity contribution >= 4 is 49.6 Å². The number of piperazine rings is 1. The van der Waals surface area contributed by atoms with Crippen molar-refractivity contribution in [3.8, 4) is 0 Å². The molecule has 0 spiro atoms. The molecule has 1 N–H and O–H groups in total. The maximum atomic E-state index is 13.0. The molecule has 0 radical (unpaired) electrons. The first-order chi connectivity index (χ1) is 17.5. The number of benzene rings is 2. The topological polar surface area (TPSA) is 86.4 Å². The van der Waals surface area contributed by atoms with Crippen molar-refractivity contribution in [2.75, 3.05) is 31.1 Å². The molecule has 0 aliphatic carbocycles. The predicted molar refractivity (Wildman–Crippen MR) is 138 cm³/mol. The highest BCUT2D eigenvalue weighted by atomic mass is 35.5. The standard InChI is InChI=1S/C24H20ClF3N4O3S2/c25-17-4-1-15(2-5-17)22(23-29-7-12-36-23)16-3-6-19-18(13-16)20(14-21(33)30-19)31-8-10-32(11-9-31)37(34,35)24(26,27)28/h1-7,12-14,22H,8-11H2,(H,30,33). The summed E-state index contributed by atoms with van der Waals surface area (Å²) < 4.78 is 63.1. The van der Waals surface area contributed by atoms with Crippen LogP contribution in [-0.4, -0.2) is 54.4 Å². The molecule has 4 aromatic rings. The zero-order chi connectivity index (χ0) is 26.4. The smallest absolute Gasteiger partial charge is 0.368 e. The summed E-state index contributed by atoms with van der Waals surface area (Å²) >= 11 is 7.60. The van der Waals surface area contributed by atoms with Crippen LogP contribution in [0.3, 0.4) is 0 Å². The number of pyridine rings is 1. The normalized spacial score (nSPS) is 16.3. The first-order valence-corrected chi connectivity index (χ1v) is 13.9. The summed E-state index contributed by atoms with van der Waals surface area (Å²) in [6, 6.07) is 14.5. The summed E-state index contributed by atoms with van der Waals surface area (Å²) in [5, 5.41) is 4.04. The van der Waals surface area contributed by atoms with E-state index >= 15 is 0 Å². The number of rotatable bonds is 5. The first-order valence-electron chi connectivity index (χ1n) is 11.2. The van der Waals surface area contributed by atoms with Crippen LogP contribution in [0.1, 0.15) is 22.1 Å². The van der Waals surface area contributed by atoms with E-state index in [9.17, 15) is 26.4 Å². The van der Waals surface area contributed by atoms with Crippen molar-refractivity contribution in [2.45, 2.75) is 11.4 Å². The zero-order valence-corrected chi connectivity index (χ0v) is 21.5. The lowest BCUT2D eigenvalue weighted by molar-refractivity contribution is -0.0490. The van der Waals surface area contributed by atoms with Crippen LogP contribution in [-0.2, 0) is 10.0 Å². The van der Waals surface area contributed by atoms with E-state index in [0.29, 0.717) is 25.9 Å². The Labute approximate surface area is 219 Å². The van der Waals surface area contributed by atoms with Crippen LogP contribution in [0, 0.1) is 0 Å². The Bertz CT molecular complexity index is 1580. The Morgan fingerprint density at radius 2 is 1.68 bits per heavy atom. The summed E-state index contributed by atoms with van der Waals surface area (Å²) in [7, 11) is -5.41. The number of H-pyrrole nitrogens is 1. The fourth-order valence-electron chi connectivity index (χ4n) is 4.52. The molecule has 2 aromatic carbocycles. The molecule has 1 atom stereocenters. The lowest BCUT2D eigenvalue weighted by Crippen LogP contribution is -2.52. The van der Waals surface area contributed by atoms with Gasteiger partial charge in [0.1, 0.15) is 5.01 Å². The van der Waals surface area contributed by atoms with Gasteiger partial charge in [-0.2, -0.15) is 17.5 Å². The Morgan fingerprint density at radius 1 is 1.00 bits per heavy atom. The lowest BCUT2D eigenvalue weighted by Gasteiger charge is -2.36. The number of hydrogen-bond donors (Lipinski definition) is 1. The number of nitrogens with zero attached hydrogens (tertiary/aromatic N) is 3. The van der Waals surface area contributed by atoms with Crippen LogP contribution in [0.5, 0.6) is 0 Å². The van der Waals surface area contributed by atoms with E-state index in [1.807, 2.05) is 29.6 Å². The number of thiazole rings is 1. The van der Waals surface area contributed by atoms with Gasteiger partial charge in [-0.15, -0.1) is 11.3 Å². The van der Waals surface area contributed by atoms with E-state index in [4.69, 9.17) is 11.6 Å². The van der Waals surface area contributed by atoms with Gasteiger partial charge < -0.3 is 9.88 Å². The van der Waals surface area contributed by atoms with Crippen molar-refractivity contribution in [1.29, 1.82) is 0 Å². The number of sulfonamides is 1. The molecule has 0 bridgehead atoms. The van der Waals surface area contributed by atoms with E-state index in [2.05, 4.69) is 9.97 Å². The van der Waals surface area contributed by atoms with Gasteiger partial charge in [0.25, 0.3) is 0 Å². The second kappa shape index (κ2) is 9.75. The molecule has 1 aliphatic rings. The lowest BCUT2D eigenvalue weighted by atomic mass is 9.90. The molecule has 2 aromatic heterocycles. The van der Waals surface area contributed by atoms with Crippen molar-refractivity contribution < 1.29 is 21.6 Å². The number of aromatic amines is 1. The van der Waals surface area contributed by atoms with Gasteiger partial charge in [-0.05, 0) is 35.4 Å². The van der Waals surface area contributed by atoms with Gasteiger partial charge in [0.05, 0.1) is 17.1 Å². The summed E-state index contributed by atoms with van der Waals surface area (Å²) in [4.78, 5) is 21.5. The molecular formula is C24H20ClF3N4O3S2. The third-order valence-electron chi connectivity index (χ3n) is 6.29. The number of fused-ring (bicyclic) bond motifs is 1. The number of nitrogens with one attached hydrogen (secondary N) is 1. The van der Waals surface area contributed by atoms with E-state index in [1.165, 1.54) is 17.4 Å². The van der Waals surface area contributed by atoms with Crippen LogP contribution < -0.4 is 10.5 Å². The average Bonchev–Trinajstić information content (AvgIpc) is 3.39. The summed E-state index contributed by atoms with van der Waals surface area (Å²) in [6.07, 6.45) is 1.72. The molecule has 0 amide bonds. The van der Waals surface area contributed by atoms with Crippen molar-refractivity contribution in [3.05, 3.63) is 91.6 Å². The van der Waals surface area contributed by atoms with Gasteiger partial charge in [0.15, 0.2) is 0 Å². The Hall–Kier alpha value is -2.93. The average molecular weight is 569 g/mol. The largest absolute Gasteiger partial charge is 0.511 e. The molecule has 7 nitrogen and oxygen atoms in total. The van der Waals surface area contributed by atoms with Crippen molar-refractivity contribution in [3.63, 3.8) is 0 Å².